The van der Waals surface area contributed by atoms with Crippen LogP contribution in [-0.4, -0.2) is 57.0 Å². The first-order valence-electron chi connectivity index (χ1n) is 11.4. The molecule has 172 valence electrons. The van der Waals surface area contributed by atoms with Crippen molar-refractivity contribution in [1.82, 2.24) is 9.88 Å². The molecule has 4 rings (SSSR count). The second kappa shape index (κ2) is 9.23. The highest BCUT2D eigenvalue weighted by Gasteiger charge is 2.50. The molecule has 0 bridgehead atoms. The summed E-state index contributed by atoms with van der Waals surface area (Å²) in [4.78, 5) is 18.9. The summed E-state index contributed by atoms with van der Waals surface area (Å²) in [7, 11) is 0.455. The Bertz CT molecular complexity index is 990. The molecule has 2 fully saturated rings. The van der Waals surface area contributed by atoms with E-state index in [1.807, 2.05) is 41.4 Å². The molecule has 0 unspecified atom stereocenters. The average molecular weight is 455 g/mol. The van der Waals surface area contributed by atoms with Crippen LogP contribution in [0, 0.1) is 11.8 Å². The van der Waals surface area contributed by atoms with Crippen LogP contribution in [0.2, 0.25) is 25.7 Å². The van der Waals surface area contributed by atoms with Crippen molar-refractivity contribution in [1.29, 1.82) is 0 Å². The summed E-state index contributed by atoms with van der Waals surface area (Å²) in [6.07, 6.45) is 4.66. The number of amides is 1. The lowest BCUT2D eigenvalue weighted by Crippen LogP contribution is -2.45. The molecule has 2 aromatic rings. The lowest BCUT2D eigenvalue weighted by Gasteiger charge is -2.36. The summed E-state index contributed by atoms with van der Waals surface area (Å²) in [6, 6.07) is 8.97. The van der Waals surface area contributed by atoms with E-state index in [1.165, 1.54) is 0 Å². The van der Waals surface area contributed by atoms with Crippen LogP contribution in [-0.2, 0) is 9.47 Å². The van der Waals surface area contributed by atoms with Gasteiger partial charge in [0.25, 0.3) is 0 Å². The second-order valence-corrected chi connectivity index (χ2v) is 15.6. The van der Waals surface area contributed by atoms with Gasteiger partial charge < -0.3 is 19.1 Å². The van der Waals surface area contributed by atoms with Crippen molar-refractivity contribution in [2.45, 2.75) is 44.3 Å². The Kier molecular flexibility index (Phi) is 6.58. The zero-order chi connectivity index (χ0) is 22.9. The van der Waals surface area contributed by atoms with Crippen molar-refractivity contribution in [3.63, 3.8) is 0 Å². The highest BCUT2D eigenvalue weighted by atomic mass is 28.3. The van der Waals surface area contributed by atoms with Crippen molar-refractivity contribution in [3.8, 4) is 5.75 Å². The first-order valence-corrected chi connectivity index (χ1v) is 15.1. The van der Waals surface area contributed by atoms with Gasteiger partial charge in [0, 0.05) is 32.7 Å². The fourth-order valence-electron chi connectivity index (χ4n) is 4.58. The fraction of sp³-hybridized carbons (Fsp3) is 0.520. The summed E-state index contributed by atoms with van der Waals surface area (Å²) in [5.41, 5.74) is 2.09. The normalized spacial score (nSPS) is 25.4. The molecule has 4 atom stereocenters. The molecule has 32 heavy (non-hydrogen) atoms. The van der Waals surface area contributed by atoms with E-state index in [0.29, 0.717) is 25.6 Å². The Balaban J connectivity index is 1.41. The lowest BCUT2D eigenvalue weighted by molar-refractivity contribution is 0.0749. The number of carbonyl (C=O) groups excluding carboxylic acids is 1. The third-order valence-electron chi connectivity index (χ3n) is 6.59. The van der Waals surface area contributed by atoms with Gasteiger partial charge in [-0.3, -0.25) is 4.98 Å². The van der Waals surface area contributed by atoms with E-state index in [0.717, 1.165) is 34.7 Å². The van der Waals surface area contributed by atoms with Crippen molar-refractivity contribution in [2.24, 2.45) is 11.8 Å². The quantitative estimate of drug-likeness (QED) is 0.323. The van der Waals surface area contributed by atoms with E-state index in [4.69, 9.17) is 14.2 Å². The SMILES string of the molecule is C=C[C@H]1CN(C(=O)OCC[Si](C)(C)C)CC[C@H]1[C@H]1O[C@@H]1c1ccnc2ccc(OC)cc12. The topological polar surface area (TPSA) is 64.2 Å². The maximum atomic E-state index is 12.6. The molecule has 0 aliphatic carbocycles. The summed E-state index contributed by atoms with van der Waals surface area (Å²) < 4.78 is 17.2. The lowest BCUT2D eigenvalue weighted by atomic mass is 9.81. The first-order chi connectivity index (χ1) is 15.3. The van der Waals surface area contributed by atoms with Gasteiger partial charge in [-0.2, -0.15) is 0 Å². The Hall–Kier alpha value is -2.38. The van der Waals surface area contributed by atoms with Crippen molar-refractivity contribution < 1.29 is 19.0 Å². The van der Waals surface area contributed by atoms with E-state index in [9.17, 15) is 4.79 Å². The number of aromatic nitrogens is 1. The highest BCUT2D eigenvalue weighted by Crippen LogP contribution is 2.49. The summed E-state index contributed by atoms with van der Waals surface area (Å²) >= 11 is 0. The van der Waals surface area contributed by atoms with Crippen LogP contribution in [0.25, 0.3) is 10.9 Å². The molecule has 7 heteroatoms. The van der Waals surface area contributed by atoms with Crippen LogP contribution in [0.4, 0.5) is 4.79 Å². The van der Waals surface area contributed by atoms with E-state index >= 15 is 0 Å². The van der Waals surface area contributed by atoms with E-state index < -0.39 is 8.07 Å². The number of pyridine rings is 1. The average Bonchev–Trinajstić information content (AvgIpc) is 3.57. The van der Waals surface area contributed by atoms with Crippen LogP contribution in [0.5, 0.6) is 5.75 Å². The number of piperidine rings is 1. The predicted molar refractivity (Wildman–Crippen MR) is 129 cm³/mol. The standard InChI is InChI=1S/C25H34N2O4Si/c1-6-17-16-27(25(28)30-13-14-32(3,4)5)12-10-19(17)23-24(31-23)20-9-11-26-22-8-7-18(29-2)15-21(20)22/h6-9,11,15,17,19,23-24H,1,10,12-14,16H2,2-5H3/t17-,19+,23+,24+/m0/s1. The van der Waals surface area contributed by atoms with Gasteiger partial charge >= 0.3 is 6.09 Å². The first kappa shape index (κ1) is 22.8. The molecule has 2 saturated heterocycles. The minimum Gasteiger partial charge on any atom is -0.497 e. The number of likely N-dealkylation sites (tertiary alicyclic amines) is 1. The molecule has 1 amide bonds. The number of rotatable bonds is 7. The zero-order valence-electron chi connectivity index (χ0n) is 19.5. The maximum Gasteiger partial charge on any atom is 0.409 e. The molecule has 2 aliphatic rings. The van der Waals surface area contributed by atoms with Crippen LogP contribution in [0.3, 0.4) is 0 Å². The number of benzene rings is 1. The van der Waals surface area contributed by atoms with Crippen molar-refractivity contribution >= 4 is 25.1 Å². The summed E-state index contributed by atoms with van der Waals surface area (Å²) in [5, 5.41) is 1.07. The number of hydrogen-bond donors (Lipinski definition) is 0. The molecular weight excluding hydrogens is 420 g/mol. The van der Waals surface area contributed by atoms with Crippen molar-refractivity contribution in [3.05, 3.63) is 48.7 Å². The highest BCUT2D eigenvalue weighted by molar-refractivity contribution is 6.76. The van der Waals surface area contributed by atoms with Gasteiger partial charge in [0.05, 0.1) is 25.3 Å². The molecule has 3 heterocycles. The van der Waals surface area contributed by atoms with Crippen LogP contribution in [0.1, 0.15) is 18.1 Å². The molecule has 1 aromatic carbocycles. The van der Waals surface area contributed by atoms with E-state index in [2.05, 4.69) is 31.2 Å². The van der Waals surface area contributed by atoms with Gasteiger partial charge in [0.2, 0.25) is 0 Å². The van der Waals surface area contributed by atoms with E-state index in [-0.39, 0.29) is 24.2 Å². The van der Waals surface area contributed by atoms with Gasteiger partial charge in [-0.05, 0) is 54.1 Å². The monoisotopic (exact) mass is 454 g/mol. The number of ether oxygens (including phenoxy) is 3. The number of epoxide rings is 1. The molecular formula is C25H34N2O4Si. The minimum atomic E-state index is -1.22. The predicted octanol–water partition coefficient (Wildman–Crippen LogP) is 5.28. The molecule has 2 aliphatic heterocycles. The fourth-order valence-corrected chi connectivity index (χ4v) is 5.29. The number of carbonyl (C=O) groups is 1. The van der Waals surface area contributed by atoms with Gasteiger partial charge in [0.1, 0.15) is 11.9 Å². The minimum absolute atomic E-state index is 0.0373. The molecule has 0 N–H and O–H groups in total. The largest absolute Gasteiger partial charge is 0.497 e. The third kappa shape index (κ3) is 4.99. The van der Waals surface area contributed by atoms with Crippen LogP contribution >= 0.6 is 0 Å². The zero-order valence-corrected chi connectivity index (χ0v) is 20.5. The van der Waals surface area contributed by atoms with Gasteiger partial charge in [-0.15, -0.1) is 6.58 Å². The Morgan fingerprint density at radius 3 is 2.88 bits per heavy atom. The maximum absolute atomic E-state index is 12.6. The number of fused-ring (bicyclic) bond motifs is 1. The molecule has 0 spiro atoms. The van der Waals surface area contributed by atoms with E-state index in [1.54, 1.807) is 7.11 Å². The van der Waals surface area contributed by atoms with Gasteiger partial charge in [0.15, 0.2) is 0 Å². The number of hydrogen-bond acceptors (Lipinski definition) is 5. The van der Waals surface area contributed by atoms with Crippen LogP contribution in [0.15, 0.2) is 43.1 Å². The Morgan fingerprint density at radius 2 is 2.16 bits per heavy atom. The molecule has 0 saturated carbocycles. The third-order valence-corrected chi connectivity index (χ3v) is 8.29. The van der Waals surface area contributed by atoms with Gasteiger partial charge in [-0.25, -0.2) is 4.79 Å². The van der Waals surface area contributed by atoms with Crippen LogP contribution < -0.4 is 4.74 Å². The molecule has 6 nitrogen and oxygen atoms in total. The Labute approximate surface area is 191 Å². The summed E-state index contributed by atoms with van der Waals surface area (Å²) in [5.74, 6) is 1.33. The molecule has 1 aromatic heterocycles. The number of nitrogens with zero attached hydrogens (tertiary/aromatic N) is 2. The second-order valence-electron chi connectivity index (χ2n) is 10.0. The molecule has 0 radical (unpaired) electrons. The smallest absolute Gasteiger partial charge is 0.409 e. The number of methoxy groups -OCH3 is 1. The van der Waals surface area contributed by atoms with Crippen molar-refractivity contribution in [2.75, 3.05) is 26.8 Å². The summed E-state index contributed by atoms with van der Waals surface area (Å²) in [6.45, 7) is 12.7. The Morgan fingerprint density at radius 1 is 1.34 bits per heavy atom. The van der Waals surface area contributed by atoms with Gasteiger partial charge in [-0.1, -0.05) is 25.7 Å².